The van der Waals surface area contributed by atoms with Gasteiger partial charge in [-0.2, -0.15) is 0 Å². The van der Waals surface area contributed by atoms with Crippen LogP contribution in [0, 0.1) is 5.82 Å². The Kier molecular flexibility index (Phi) is 6.68. The first-order chi connectivity index (χ1) is 14.1. The van der Waals surface area contributed by atoms with Crippen LogP contribution in [0.1, 0.15) is 21.5 Å². The van der Waals surface area contributed by atoms with Crippen LogP contribution in [0.5, 0.6) is 17.2 Å². The molecule has 1 N–H and O–H groups in total. The number of amides is 1. The number of ether oxygens (including phenoxy) is 3. The minimum atomic E-state index is -0.347. The maximum atomic E-state index is 13.3. The average Bonchev–Trinajstić information content (AvgIpc) is 2.76. The minimum absolute atomic E-state index is 0.202. The Morgan fingerprint density at radius 1 is 0.897 bits per heavy atom. The lowest BCUT2D eigenvalue weighted by Crippen LogP contribution is -2.23. The number of carbonyl (C=O) groups is 1. The van der Waals surface area contributed by atoms with E-state index in [0.717, 1.165) is 5.56 Å². The standard InChI is InChI=1S/C23H22FNO4/c1-27-20-12-18(23(26)25-14-17-9-6-10-19(24)11-17)13-21(28-2)22(20)29-15-16-7-4-3-5-8-16/h3-13H,14-15H2,1-2H3,(H,25,26). The quantitative estimate of drug-likeness (QED) is 0.616. The molecule has 0 saturated heterocycles. The van der Waals surface area contributed by atoms with Gasteiger partial charge in [0.05, 0.1) is 14.2 Å². The number of carbonyl (C=O) groups excluding carboxylic acids is 1. The third-order valence-corrected chi connectivity index (χ3v) is 4.29. The van der Waals surface area contributed by atoms with Gasteiger partial charge in [0.15, 0.2) is 11.5 Å². The van der Waals surface area contributed by atoms with Gasteiger partial charge in [-0.25, -0.2) is 4.39 Å². The van der Waals surface area contributed by atoms with Crippen molar-refractivity contribution in [1.29, 1.82) is 0 Å². The number of methoxy groups -OCH3 is 2. The Labute approximate surface area is 169 Å². The zero-order valence-electron chi connectivity index (χ0n) is 16.3. The summed E-state index contributed by atoms with van der Waals surface area (Å²) in [5.41, 5.74) is 2.01. The molecule has 3 rings (SSSR count). The highest BCUT2D eigenvalue weighted by molar-refractivity contribution is 5.95. The van der Waals surface area contributed by atoms with E-state index < -0.39 is 0 Å². The zero-order chi connectivity index (χ0) is 20.6. The Balaban J connectivity index is 1.76. The molecule has 0 aliphatic rings. The predicted molar refractivity (Wildman–Crippen MR) is 108 cm³/mol. The fraction of sp³-hybridized carbons (Fsp3) is 0.174. The molecule has 0 radical (unpaired) electrons. The van der Waals surface area contributed by atoms with E-state index in [4.69, 9.17) is 14.2 Å². The molecule has 0 spiro atoms. The van der Waals surface area contributed by atoms with E-state index in [2.05, 4.69) is 5.32 Å². The van der Waals surface area contributed by atoms with Crippen molar-refractivity contribution in [2.24, 2.45) is 0 Å². The fourth-order valence-corrected chi connectivity index (χ4v) is 2.81. The van der Waals surface area contributed by atoms with Gasteiger partial charge in [-0.05, 0) is 35.4 Å². The Morgan fingerprint density at radius 2 is 1.55 bits per heavy atom. The highest BCUT2D eigenvalue weighted by Crippen LogP contribution is 2.39. The molecule has 0 saturated carbocycles. The number of hydrogen-bond acceptors (Lipinski definition) is 4. The summed E-state index contributed by atoms with van der Waals surface area (Å²) < 4.78 is 30.0. The van der Waals surface area contributed by atoms with Crippen LogP contribution in [-0.2, 0) is 13.2 Å². The van der Waals surface area contributed by atoms with Crippen LogP contribution in [0.25, 0.3) is 0 Å². The van der Waals surface area contributed by atoms with Gasteiger partial charge < -0.3 is 19.5 Å². The number of hydrogen-bond donors (Lipinski definition) is 1. The molecule has 29 heavy (non-hydrogen) atoms. The van der Waals surface area contributed by atoms with Gasteiger partial charge in [-0.15, -0.1) is 0 Å². The summed E-state index contributed by atoms with van der Waals surface area (Å²) in [7, 11) is 3.00. The molecular weight excluding hydrogens is 373 g/mol. The topological polar surface area (TPSA) is 56.8 Å². The van der Waals surface area contributed by atoms with Crippen molar-refractivity contribution >= 4 is 5.91 Å². The lowest BCUT2D eigenvalue weighted by atomic mass is 10.1. The molecule has 0 aliphatic carbocycles. The van der Waals surface area contributed by atoms with Crippen LogP contribution in [-0.4, -0.2) is 20.1 Å². The van der Waals surface area contributed by atoms with Crippen molar-refractivity contribution < 1.29 is 23.4 Å². The zero-order valence-corrected chi connectivity index (χ0v) is 16.3. The van der Waals surface area contributed by atoms with Crippen molar-refractivity contribution in [3.05, 3.63) is 89.2 Å². The molecule has 0 bridgehead atoms. The first-order valence-corrected chi connectivity index (χ1v) is 9.06. The second-order valence-electron chi connectivity index (χ2n) is 6.30. The van der Waals surface area contributed by atoms with Gasteiger partial charge >= 0.3 is 0 Å². The van der Waals surface area contributed by atoms with Crippen LogP contribution in [0.2, 0.25) is 0 Å². The summed E-state index contributed by atoms with van der Waals surface area (Å²) >= 11 is 0. The summed E-state index contributed by atoms with van der Waals surface area (Å²) in [6.45, 7) is 0.534. The van der Waals surface area contributed by atoms with Gasteiger partial charge in [0, 0.05) is 12.1 Å². The summed E-state index contributed by atoms with van der Waals surface area (Å²) in [5.74, 6) is 0.508. The lowest BCUT2D eigenvalue weighted by Gasteiger charge is -2.16. The van der Waals surface area contributed by atoms with E-state index >= 15 is 0 Å². The molecule has 0 atom stereocenters. The predicted octanol–water partition coefficient (Wildman–Crippen LogP) is 4.35. The Morgan fingerprint density at radius 3 is 2.17 bits per heavy atom. The molecule has 1 amide bonds. The molecule has 5 nitrogen and oxygen atoms in total. The Hall–Kier alpha value is -3.54. The van der Waals surface area contributed by atoms with Crippen molar-refractivity contribution in [1.82, 2.24) is 5.32 Å². The molecule has 0 heterocycles. The van der Waals surface area contributed by atoms with Crippen LogP contribution in [0.15, 0.2) is 66.7 Å². The van der Waals surface area contributed by atoms with Gasteiger partial charge in [0.2, 0.25) is 5.75 Å². The SMILES string of the molecule is COc1cc(C(=O)NCc2cccc(F)c2)cc(OC)c1OCc1ccccc1. The third-order valence-electron chi connectivity index (χ3n) is 4.29. The Bertz CT molecular complexity index is 951. The number of rotatable bonds is 8. The van der Waals surface area contributed by atoms with Crippen LogP contribution in [0.3, 0.4) is 0 Å². The highest BCUT2D eigenvalue weighted by Gasteiger charge is 2.18. The molecule has 0 fully saturated rings. The summed E-state index contributed by atoms with van der Waals surface area (Å²) in [6.07, 6.45) is 0. The van der Waals surface area contributed by atoms with E-state index in [1.165, 1.54) is 26.4 Å². The van der Waals surface area contributed by atoms with Crippen LogP contribution >= 0.6 is 0 Å². The smallest absolute Gasteiger partial charge is 0.251 e. The van der Waals surface area contributed by atoms with Gasteiger partial charge in [-0.1, -0.05) is 42.5 Å². The molecule has 3 aromatic carbocycles. The molecule has 6 heteroatoms. The van der Waals surface area contributed by atoms with Gasteiger partial charge in [-0.3, -0.25) is 4.79 Å². The molecule has 150 valence electrons. The van der Waals surface area contributed by atoms with Crippen molar-refractivity contribution in [3.63, 3.8) is 0 Å². The van der Waals surface area contributed by atoms with Gasteiger partial charge in [0.25, 0.3) is 5.91 Å². The maximum absolute atomic E-state index is 13.3. The van der Waals surface area contributed by atoms with E-state index in [1.807, 2.05) is 30.3 Å². The summed E-state index contributed by atoms with van der Waals surface area (Å²) in [6, 6.07) is 18.9. The second-order valence-corrected chi connectivity index (χ2v) is 6.30. The first kappa shape index (κ1) is 20.2. The van der Waals surface area contributed by atoms with Crippen molar-refractivity contribution in [3.8, 4) is 17.2 Å². The average molecular weight is 395 g/mol. The van der Waals surface area contributed by atoms with E-state index in [0.29, 0.717) is 35.0 Å². The number of nitrogens with one attached hydrogen (secondary N) is 1. The monoisotopic (exact) mass is 395 g/mol. The second kappa shape index (κ2) is 9.59. The van der Waals surface area contributed by atoms with Crippen molar-refractivity contribution in [2.75, 3.05) is 14.2 Å². The largest absolute Gasteiger partial charge is 0.493 e. The number of halogens is 1. The highest BCUT2D eigenvalue weighted by atomic mass is 19.1. The maximum Gasteiger partial charge on any atom is 0.251 e. The first-order valence-electron chi connectivity index (χ1n) is 9.06. The number of benzene rings is 3. The normalized spacial score (nSPS) is 10.3. The minimum Gasteiger partial charge on any atom is -0.493 e. The molecular formula is C23H22FNO4. The van der Waals surface area contributed by atoms with E-state index in [1.54, 1.807) is 24.3 Å². The van der Waals surface area contributed by atoms with E-state index in [9.17, 15) is 9.18 Å². The van der Waals surface area contributed by atoms with Crippen molar-refractivity contribution in [2.45, 2.75) is 13.2 Å². The summed E-state index contributed by atoms with van der Waals surface area (Å²) in [4.78, 5) is 12.6. The third kappa shape index (κ3) is 5.25. The molecule has 3 aromatic rings. The molecule has 0 aromatic heterocycles. The lowest BCUT2D eigenvalue weighted by molar-refractivity contribution is 0.0950. The van der Waals surface area contributed by atoms with E-state index in [-0.39, 0.29) is 18.3 Å². The molecule has 0 unspecified atom stereocenters. The van der Waals surface area contributed by atoms with Crippen LogP contribution < -0.4 is 19.5 Å². The van der Waals surface area contributed by atoms with Crippen LogP contribution in [0.4, 0.5) is 4.39 Å². The van der Waals surface area contributed by atoms with Gasteiger partial charge in [0.1, 0.15) is 12.4 Å². The molecule has 0 aliphatic heterocycles. The summed E-state index contributed by atoms with van der Waals surface area (Å²) in [5, 5.41) is 2.76. The fourth-order valence-electron chi connectivity index (χ4n) is 2.81.